The fourth-order valence-corrected chi connectivity index (χ4v) is 3.78. The van der Waals surface area contributed by atoms with Crippen LogP contribution in [0.3, 0.4) is 0 Å². The summed E-state index contributed by atoms with van der Waals surface area (Å²) in [5, 5.41) is 0. The van der Waals surface area contributed by atoms with Gasteiger partial charge in [-0.2, -0.15) is 0 Å². The van der Waals surface area contributed by atoms with Crippen molar-refractivity contribution in [2.75, 3.05) is 19.6 Å². The van der Waals surface area contributed by atoms with Crippen LogP contribution in [0, 0.1) is 17.8 Å². The molecule has 0 radical (unpaired) electrons. The molecule has 0 bridgehead atoms. The lowest BCUT2D eigenvalue weighted by Crippen LogP contribution is -2.46. The molecule has 0 aliphatic carbocycles. The van der Waals surface area contributed by atoms with E-state index in [0.29, 0.717) is 24.3 Å². The first-order valence-corrected chi connectivity index (χ1v) is 7.97. The van der Waals surface area contributed by atoms with Crippen LogP contribution in [0.25, 0.3) is 0 Å². The van der Waals surface area contributed by atoms with Gasteiger partial charge in [-0.05, 0) is 23.8 Å². The molecule has 2 N–H and O–H groups in total. The van der Waals surface area contributed by atoms with E-state index in [-0.39, 0.29) is 12.0 Å². The van der Waals surface area contributed by atoms with Crippen molar-refractivity contribution in [3.8, 4) is 0 Å². The molecule has 2 heterocycles. The standard InChI is InChI=1S/C17H25N3O/c1-12-8-13(2)11-20(10-12)17(21)15-9-18-19-16(15)14-6-4-3-5-7-14/h3-7,12-13,15-16,18-19H,8-11H2,1-2H3. The third kappa shape index (κ3) is 3.11. The van der Waals surface area contributed by atoms with E-state index in [9.17, 15) is 4.79 Å². The van der Waals surface area contributed by atoms with E-state index in [0.717, 1.165) is 13.1 Å². The molecule has 4 heteroatoms. The van der Waals surface area contributed by atoms with E-state index in [4.69, 9.17) is 0 Å². The Labute approximate surface area is 126 Å². The minimum Gasteiger partial charge on any atom is -0.342 e. The largest absolute Gasteiger partial charge is 0.342 e. The maximum Gasteiger partial charge on any atom is 0.229 e. The van der Waals surface area contributed by atoms with Gasteiger partial charge in [0, 0.05) is 19.6 Å². The fraction of sp³-hybridized carbons (Fsp3) is 0.588. The van der Waals surface area contributed by atoms with Gasteiger partial charge >= 0.3 is 0 Å². The SMILES string of the molecule is CC1CC(C)CN(C(=O)C2CNNC2c2ccccc2)C1. The summed E-state index contributed by atoms with van der Waals surface area (Å²) < 4.78 is 0. The number of hydrazine groups is 1. The minimum atomic E-state index is -0.00935. The second-order valence-electron chi connectivity index (χ2n) is 6.71. The summed E-state index contributed by atoms with van der Waals surface area (Å²) in [7, 11) is 0. The Balaban J connectivity index is 1.74. The number of carbonyl (C=O) groups excluding carboxylic acids is 1. The summed E-state index contributed by atoms with van der Waals surface area (Å²) in [5.74, 6) is 1.50. The van der Waals surface area contributed by atoms with Crippen molar-refractivity contribution in [1.29, 1.82) is 0 Å². The number of carbonyl (C=O) groups is 1. The molecular weight excluding hydrogens is 262 g/mol. The summed E-state index contributed by atoms with van der Waals surface area (Å²) in [6.45, 7) is 7.01. The average molecular weight is 287 g/mol. The zero-order valence-electron chi connectivity index (χ0n) is 12.9. The topological polar surface area (TPSA) is 44.4 Å². The molecule has 0 spiro atoms. The number of likely N-dealkylation sites (tertiary alicyclic amines) is 1. The number of nitrogens with zero attached hydrogens (tertiary/aromatic N) is 1. The summed E-state index contributed by atoms with van der Waals surface area (Å²) in [5.41, 5.74) is 7.61. The molecule has 1 aromatic carbocycles. The van der Waals surface area contributed by atoms with Crippen molar-refractivity contribution in [3.63, 3.8) is 0 Å². The van der Waals surface area contributed by atoms with E-state index in [1.165, 1.54) is 12.0 Å². The predicted molar refractivity (Wildman–Crippen MR) is 83.3 cm³/mol. The second-order valence-corrected chi connectivity index (χ2v) is 6.71. The highest BCUT2D eigenvalue weighted by atomic mass is 16.2. The number of hydrogen-bond acceptors (Lipinski definition) is 3. The van der Waals surface area contributed by atoms with E-state index in [1.807, 2.05) is 18.2 Å². The number of piperidine rings is 1. The van der Waals surface area contributed by atoms with Crippen molar-refractivity contribution in [3.05, 3.63) is 35.9 Å². The Morgan fingerprint density at radius 3 is 2.48 bits per heavy atom. The number of rotatable bonds is 2. The lowest BCUT2D eigenvalue weighted by molar-refractivity contribution is -0.138. The Kier molecular flexibility index (Phi) is 4.27. The first-order valence-electron chi connectivity index (χ1n) is 7.97. The summed E-state index contributed by atoms with van der Waals surface area (Å²) in [4.78, 5) is 15.0. The molecule has 1 aromatic rings. The third-order valence-corrected chi connectivity index (χ3v) is 4.64. The molecule has 4 atom stereocenters. The lowest BCUT2D eigenvalue weighted by atomic mass is 9.89. The molecule has 4 nitrogen and oxygen atoms in total. The molecule has 2 fully saturated rings. The van der Waals surface area contributed by atoms with Crippen molar-refractivity contribution in [2.24, 2.45) is 17.8 Å². The van der Waals surface area contributed by atoms with Crippen LogP contribution in [0.4, 0.5) is 0 Å². The van der Waals surface area contributed by atoms with Gasteiger partial charge in [0.05, 0.1) is 12.0 Å². The monoisotopic (exact) mass is 287 g/mol. The first-order chi connectivity index (χ1) is 10.1. The van der Waals surface area contributed by atoms with Crippen LogP contribution in [-0.4, -0.2) is 30.4 Å². The highest BCUT2D eigenvalue weighted by Crippen LogP contribution is 2.29. The van der Waals surface area contributed by atoms with E-state index >= 15 is 0 Å². The van der Waals surface area contributed by atoms with Gasteiger partial charge in [0.2, 0.25) is 5.91 Å². The van der Waals surface area contributed by atoms with Crippen LogP contribution in [0.1, 0.15) is 31.9 Å². The van der Waals surface area contributed by atoms with Gasteiger partial charge in [-0.25, -0.2) is 5.43 Å². The van der Waals surface area contributed by atoms with Crippen LogP contribution >= 0.6 is 0 Å². The first kappa shape index (κ1) is 14.5. The van der Waals surface area contributed by atoms with Gasteiger partial charge in [0.1, 0.15) is 0 Å². The average Bonchev–Trinajstić information content (AvgIpc) is 2.95. The summed E-state index contributed by atoms with van der Waals surface area (Å²) >= 11 is 0. The van der Waals surface area contributed by atoms with Gasteiger partial charge in [0.15, 0.2) is 0 Å². The molecule has 2 aliphatic rings. The Bertz CT molecular complexity index is 480. The molecule has 4 unspecified atom stereocenters. The zero-order valence-corrected chi connectivity index (χ0v) is 12.9. The number of amides is 1. The molecule has 0 saturated carbocycles. The van der Waals surface area contributed by atoms with Gasteiger partial charge in [0.25, 0.3) is 0 Å². The van der Waals surface area contributed by atoms with Crippen molar-refractivity contribution in [2.45, 2.75) is 26.3 Å². The number of benzene rings is 1. The maximum absolute atomic E-state index is 12.9. The van der Waals surface area contributed by atoms with Crippen molar-refractivity contribution < 1.29 is 4.79 Å². The van der Waals surface area contributed by atoms with E-state index in [2.05, 4.69) is 41.7 Å². The Hall–Kier alpha value is -1.39. The lowest BCUT2D eigenvalue weighted by Gasteiger charge is -2.37. The highest BCUT2D eigenvalue weighted by molar-refractivity contribution is 5.80. The normalized spacial score (nSPS) is 33.1. The molecule has 3 rings (SSSR count). The highest BCUT2D eigenvalue weighted by Gasteiger charge is 2.38. The van der Waals surface area contributed by atoms with Gasteiger partial charge < -0.3 is 4.90 Å². The number of hydrogen-bond donors (Lipinski definition) is 2. The van der Waals surface area contributed by atoms with E-state index < -0.39 is 0 Å². The molecule has 1 amide bonds. The summed E-state index contributed by atoms with van der Waals surface area (Å²) in [6.07, 6.45) is 1.23. The van der Waals surface area contributed by atoms with Gasteiger partial charge in [-0.15, -0.1) is 0 Å². The molecule has 2 aliphatic heterocycles. The fourth-order valence-electron chi connectivity index (χ4n) is 3.78. The van der Waals surface area contributed by atoms with Gasteiger partial charge in [-0.3, -0.25) is 10.2 Å². The van der Waals surface area contributed by atoms with Crippen LogP contribution < -0.4 is 10.9 Å². The second kappa shape index (κ2) is 6.16. The number of nitrogens with one attached hydrogen (secondary N) is 2. The zero-order chi connectivity index (χ0) is 14.8. The molecule has 2 saturated heterocycles. The van der Waals surface area contributed by atoms with Crippen LogP contribution in [0.2, 0.25) is 0 Å². The van der Waals surface area contributed by atoms with Gasteiger partial charge in [-0.1, -0.05) is 44.2 Å². The van der Waals surface area contributed by atoms with Crippen LogP contribution in [0.5, 0.6) is 0 Å². The van der Waals surface area contributed by atoms with Crippen molar-refractivity contribution in [1.82, 2.24) is 15.8 Å². The molecular formula is C17H25N3O. The van der Waals surface area contributed by atoms with Crippen molar-refractivity contribution >= 4 is 5.91 Å². The molecule has 0 aromatic heterocycles. The van der Waals surface area contributed by atoms with Crippen LogP contribution in [-0.2, 0) is 4.79 Å². The smallest absolute Gasteiger partial charge is 0.229 e. The van der Waals surface area contributed by atoms with Crippen LogP contribution in [0.15, 0.2) is 30.3 Å². The quantitative estimate of drug-likeness (QED) is 0.874. The maximum atomic E-state index is 12.9. The Morgan fingerprint density at radius 1 is 1.14 bits per heavy atom. The Morgan fingerprint density at radius 2 is 1.81 bits per heavy atom. The minimum absolute atomic E-state index is 0.00935. The third-order valence-electron chi connectivity index (χ3n) is 4.64. The summed E-state index contributed by atoms with van der Waals surface area (Å²) in [6, 6.07) is 10.3. The molecule has 114 valence electrons. The predicted octanol–water partition coefficient (Wildman–Crippen LogP) is 1.96. The molecule has 21 heavy (non-hydrogen) atoms. The van der Waals surface area contributed by atoms with E-state index in [1.54, 1.807) is 0 Å².